The number of nitrogens with two attached hydrogens (primary N) is 1. The van der Waals surface area contributed by atoms with Gasteiger partial charge < -0.3 is 5.32 Å². The third-order valence-corrected chi connectivity index (χ3v) is 3.74. The van der Waals surface area contributed by atoms with E-state index in [-0.39, 0.29) is 0 Å². The maximum atomic E-state index is 11.2. The van der Waals surface area contributed by atoms with Crippen molar-refractivity contribution in [3.8, 4) is 0 Å². The zero-order chi connectivity index (χ0) is 8.32. The molecule has 0 atom stereocenters. The molecule has 0 amide bonds. The molecule has 0 aromatic rings. The molecule has 2 N–H and O–H groups in total. The summed E-state index contributed by atoms with van der Waals surface area (Å²) in [5.74, 6) is 0.324. The number of sulfonamides is 1. The fourth-order valence-corrected chi connectivity index (χ4v) is 2.72. The molecule has 0 aromatic heterocycles. The van der Waals surface area contributed by atoms with Gasteiger partial charge in [-0.2, -0.15) is 11.4 Å². The Morgan fingerprint density at radius 1 is 1.55 bits per heavy atom. The molecule has 11 heavy (non-hydrogen) atoms. The summed E-state index contributed by atoms with van der Waals surface area (Å²) in [4.78, 5) is 0. The van der Waals surface area contributed by atoms with Gasteiger partial charge >= 0.3 is 0 Å². The van der Waals surface area contributed by atoms with Crippen LogP contribution in [0.15, 0.2) is 0 Å². The predicted octanol–water partition coefficient (Wildman–Crippen LogP) is -1.62. The van der Waals surface area contributed by atoms with Crippen LogP contribution >= 0.6 is 0 Å². The van der Waals surface area contributed by atoms with Crippen LogP contribution in [0.1, 0.15) is 6.42 Å². The molecule has 1 aliphatic rings. The number of hydrogen-bond donors (Lipinski definition) is 1. The first-order chi connectivity index (χ1) is 5.17. The summed E-state index contributed by atoms with van der Waals surface area (Å²) in [6.07, 6.45) is 0.777. The van der Waals surface area contributed by atoms with Crippen LogP contribution in [-0.2, 0) is 10.0 Å². The highest BCUT2D eigenvalue weighted by molar-refractivity contribution is 7.89. The summed E-state index contributed by atoms with van der Waals surface area (Å²) >= 11 is 0. The van der Waals surface area contributed by atoms with Gasteiger partial charge in [0.2, 0.25) is 10.0 Å². The molecule has 0 bridgehead atoms. The number of quaternary nitrogens is 1. The second kappa shape index (κ2) is 3.51. The normalized spacial score (nSPS) is 24.1. The quantitative estimate of drug-likeness (QED) is 0.528. The van der Waals surface area contributed by atoms with Crippen LogP contribution in [0.25, 0.3) is 0 Å². The first-order valence-corrected chi connectivity index (χ1v) is 5.36. The van der Waals surface area contributed by atoms with Crippen molar-refractivity contribution in [2.45, 2.75) is 6.42 Å². The van der Waals surface area contributed by atoms with E-state index in [2.05, 4.69) is 7.05 Å². The summed E-state index contributed by atoms with van der Waals surface area (Å²) < 4.78 is 23.9. The zero-order valence-electron chi connectivity index (χ0n) is 6.49. The zero-order valence-corrected chi connectivity index (χ0v) is 7.31. The maximum absolute atomic E-state index is 11.2. The van der Waals surface area contributed by atoms with E-state index in [1.807, 2.05) is 0 Å². The van der Waals surface area contributed by atoms with Crippen molar-refractivity contribution in [3.05, 3.63) is 7.05 Å². The monoisotopic (exact) mass is 178 g/mol. The van der Waals surface area contributed by atoms with Crippen molar-refractivity contribution < 1.29 is 13.7 Å². The molecule has 1 aliphatic heterocycles. The number of rotatable bonds is 3. The molecule has 1 saturated heterocycles. The van der Waals surface area contributed by atoms with Crippen LogP contribution in [0.2, 0.25) is 0 Å². The SMILES string of the molecule is [CH2-][NH2+]CCN1CCCS1(=O)=O. The largest absolute Gasteiger partial charge is 0.478 e. The van der Waals surface area contributed by atoms with Gasteiger partial charge in [0.1, 0.15) is 0 Å². The molecular formula is C6H14N2O2S. The predicted molar refractivity (Wildman–Crippen MR) is 42.1 cm³/mol. The van der Waals surface area contributed by atoms with Gasteiger partial charge in [-0.3, -0.25) is 0 Å². The van der Waals surface area contributed by atoms with Crippen LogP contribution in [-0.4, -0.2) is 38.1 Å². The van der Waals surface area contributed by atoms with Gasteiger partial charge in [-0.25, -0.2) is 8.42 Å². The molecule has 0 unspecified atom stereocenters. The second-order valence-corrected chi connectivity index (χ2v) is 4.73. The minimum absolute atomic E-state index is 0.324. The van der Waals surface area contributed by atoms with Crippen LogP contribution in [0.5, 0.6) is 0 Å². The molecule has 1 rings (SSSR count). The fourth-order valence-electron chi connectivity index (χ4n) is 1.18. The molecule has 66 valence electrons. The van der Waals surface area contributed by atoms with E-state index in [0.717, 1.165) is 13.0 Å². The van der Waals surface area contributed by atoms with Crippen molar-refractivity contribution in [1.29, 1.82) is 0 Å². The van der Waals surface area contributed by atoms with Crippen molar-refractivity contribution >= 4 is 10.0 Å². The minimum atomic E-state index is -2.87. The summed E-state index contributed by atoms with van der Waals surface area (Å²) in [6.45, 7) is 2.04. The Morgan fingerprint density at radius 2 is 2.27 bits per heavy atom. The van der Waals surface area contributed by atoms with Gasteiger partial charge in [-0.05, 0) is 6.42 Å². The van der Waals surface area contributed by atoms with Crippen molar-refractivity contribution in [2.24, 2.45) is 0 Å². The summed E-state index contributed by atoms with van der Waals surface area (Å²) in [5, 5.41) is 1.74. The van der Waals surface area contributed by atoms with E-state index in [9.17, 15) is 8.42 Å². The Labute approximate surface area is 67.6 Å². The molecule has 5 heteroatoms. The molecule has 0 aliphatic carbocycles. The van der Waals surface area contributed by atoms with Crippen LogP contribution in [0, 0.1) is 7.05 Å². The Hall–Kier alpha value is -0.130. The molecule has 1 fully saturated rings. The summed E-state index contributed by atoms with van der Waals surface area (Å²) in [5.41, 5.74) is 0. The highest BCUT2D eigenvalue weighted by Gasteiger charge is 2.27. The Morgan fingerprint density at radius 3 is 2.73 bits per heavy atom. The third kappa shape index (κ3) is 2.15. The minimum Gasteiger partial charge on any atom is -0.478 e. The average molecular weight is 178 g/mol. The smallest absolute Gasteiger partial charge is 0.214 e. The first-order valence-electron chi connectivity index (χ1n) is 3.75. The number of nitrogens with zero attached hydrogens (tertiary/aromatic N) is 1. The lowest BCUT2D eigenvalue weighted by atomic mass is 10.5. The standard InChI is InChI=1S/C6H14N2O2S/c1-7-3-5-8-4-2-6-11(8,9)10/h1-7H2. The van der Waals surface area contributed by atoms with Crippen LogP contribution in [0.4, 0.5) is 0 Å². The van der Waals surface area contributed by atoms with Gasteiger partial charge in [-0.1, -0.05) is 0 Å². The molecule has 0 radical (unpaired) electrons. The van der Waals surface area contributed by atoms with E-state index in [1.165, 1.54) is 4.31 Å². The summed E-state index contributed by atoms with van der Waals surface area (Å²) in [6, 6.07) is 0. The Kier molecular flexibility index (Phi) is 2.86. The van der Waals surface area contributed by atoms with Gasteiger partial charge in [0.25, 0.3) is 0 Å². The van der Waals surface area contributed by atoms with Gasteiger partial charge in [0.05, 0.1) is 18.8 Å². The first kappa shape index (κ1) is 8.96. The van der Waals surface area contributed by atoms with Crippen molar-refractivity contribution in [2.75, 3.05) is 25.4 Å². The van der Waals surface area contributed by atoms with Crippen LogP contribution < -0.4 is 5.32 Å². The number of hydrogen-bond acceptors (Lipinski definition) is 2. The highest BCUT2D eigenvalue weighted by Crippen LogP contribution is 2.11. The van der Waals surface area contributed by atoms with Gasteiger partial charge in [0.15, 0.2) is 0 Å². The lowest BCUT2D eigenvalue weighted by Gasteiger charge is -2.12. The van der Waals surface area contributed by atoms with Crippen LogP contribution in [0.3, 0.4) is 0 Å². The van der Waals surface area contributed by atoms with E-state index >= 15 is 0 Å². The van der Waals surface area contributed by atoms with E-state index < -0.39 is 10.0 Å². The van der Waals surface area contributed by atoms with E-state index in [1.54, 1.807) is 5.32 Å². The Bertz CT molecular complexity index is 213. The lowest BCUT2D eigenvalue weighted by Crippen LogP contribution is -2.78. The van der Waals surface area contributed by atoms with E-state index in [0.29, 0.717) is 18.8 Å². The molecule has 1 heterocycles. The molecule has 4 nitrogen and oxygen atoms in total. The average Bonchev–Trinajstić information content (AvgIpc) is 2.25. The lowest BCUT2D eigenvalue weighted by molar-refractivity contribution is -0.594. The summed E-state index contributed by atoms with van der Waals surface area (Å²) in [7, 11) is 0.674. The molecule has 0 spiro atoms. The highest BCUT2D eigenvalue weighted by atomic mass is 32.2. The van der Waals surface area contributed by atoms with Gasteiger partial charge in [-0.15, -0.1) is 0 Å². The maximum Gasteiger partial charge on any atom is 0.214 e. The topological polar surface area (TPSA) is 54.0 Å². The van der Waals surface area contributed by atoms with Crippen molar-refractivity contribution in [3.63, 3.8) is 0 Å². The molecule has 0 aromatic carbocycles. The second-order valence-electron chi connectivity index (χ2n) is 2.65. The fraction of sp³-hybridized carbons (Fsp3) is 0.833. The molecular weight excluding hydrogens is 164 g/mol. The van der Waals surface area contributed by atoms with Gasteiger partial charge in [0, 0.05) is 6.54 Å². The molecule has 0 saturated carbocycles. The third-order valence-electron chi connectivity index (χ3n) is 1.79. The van der Waals surface area contributed by atoms with E-state index in [4.69, 9.17) is 0 Å². The van der Waals surface area contributed by atoms with Crippen molar-refractivity contribution in [1.82, 2.24) is 4.31 Å². The Balaban J connectivity index is 2.45.